The molecule has 0 spiro atoms. The maximum Gasteiger partial charge on any atom is 0.332 e. The minimum absolute atomic E-state index is 0.0171. The number of methoxy groups -OCH3 is 3. The van der Waals surface area contributed by atoms with Crippen LogP contribution in [0.5, 0.6) is 0 Å². The Balaban J connectivity index is 1.73. The van der Waals surface area contributed by atoms with Crippen LogP contribution in [0, 0.1) is 35.5 Å². The van der Waals surface area contributed by atoms with E-state index in [4.69, 9.17) is 23.7 Å². The molecule has 15 atom stereocenters. The number of hydrogen-bond acceptors (Lipinski definition) is 13. The summed E-state index contributed by atoms with van der Waals surface area (Å²) in [4.78, 5) is 72.6. The maximum atomic E-state index is 14.7. The topological polar surface area (TPSA) is 195 Å². The van der Waals surface area contributed by atoms with E-state index >= 15 is 0 Å². The van der Waals surface area contributed by atoms with E-state index in [1.54, 1.807) is 48.0 Å². The number of allylic oxidation sites excluding steroid dienone is 6. The fourth-order valence-electron chi connectivity index (χ4n) is 10.4. The van der Waals surface area contributed by atoms with E-state index in [0.29, 0.717) is 63.4 Å². The van der Waals surface area contributed by atoms with Crippen molar-refractivity contribution in [2.75, 3.05) is 27.9 Å². The molecule has 3 N–H and O–H groups in total. The highest BCUT2D eigenvalue weighted by molar-refractivity contribution is 6.39. The minimum atomic E-state index is -2.45. The second-order valence-corrected chi connectivity index (χ2v) is 20.2. The number of esters is 1. The van der Waals surface area contributed by atoms with Crippen molar-refractivity contribution in [3.05, 3.63) is 47.6 Å². The second kappa shape index (κ2) is 24.8. The lowest BCUT2D eigenvalue weighted by Crippen LogP contribution is -2.64. The summed E-state index contributed by atoms with van der Waals surface area (Å²) in [6, 6.07) is 0. The van der Waals surface area contributed by atoms with Crippen LogP contribution in [0.1, 0.15) is 132 Å². The molecule has 3 fully saturated rings. The summed E-state index contributed by atoms with van der Waals surface area (Å²) in [6.07, 6.45) is 11.0. The Morgan fingerprint density at radius 1 is 0.864 bits per heavy atom. The fraction of sp³-hybridized carbons (Fsp3) is 0.750. The van der Waals surface area contributed by atoms with Crippen LogP contribution in [0.2, 0.25) is 0 Å². The summed E-state index contributed by atoms with van der Waals surface area (Å²) < 4.78 is 29.5. The summed E-state index contributed by atoms with van der Waals surface area (Å²) >= 11 is 0. The number of nitrogens with zero attached hydrogens (tertiary/aromatic N) is 1. The van der Waals surface area contributed by atoms with Gasteiger partial charge in [0.1, 0.15) is 29.6 Å². The Morgan fingerprint density at radius 3 is 2.24 bits per heavy atom. The number of Topliss-reactive ketones (excluding diaryl/α,β-unsaturated/α-hetero) is 3. The summed E-state index contributed by atoms with van der Waals surface area (Å²) in [5.41, 5.74) is -0.343. The van der Waals surface area contributed by atoms with Crippen molar-refractivity contribution in [1.29, 1.82) is 0 Å². The third-order valence-corrected chi connectivity index (χ3v) is 15.0. The number of hydrogen-bond donors (Lipinski definition) is 3. The van der Waals surface area contributed by atoms with Gasteiger partial charge in [0.2, 0.25) is 5.79 Å². The van der Waals surface area contributed by atoms with Gasteiger partial charge in [0, 0.05) is 58.5 Å². The first-order valence-electron chi connectivity index (χ1n) is 24.3. The number of aliphatic hydroxyl groups excluding tert-OH is 2. The van der Waals surface area contributed by atoms with E-state index in [9.17, 15) is 39.3 Å². The fourth-order valence-corrected chi connectivity index (χ4v) is 10.4. The van der Waals surface area contributed by atoms with Gasteiger partial charge in [-0.3, -0.25) is 19.2 Å². The van der Waals surface area contributed by atoms with Crippen LogP contribution < -0.4 is 0 Å². The minimum Gasteiger partial charge on any atom is -0.460 e. The van der Waals surface area contributed by atoms with Crippen LogP contribution in [-0.2, 0) is 47.7 Å². The van der Waals surface area contributed by atoms with Gasteiger partial charge in [0.05, 0.1) is 24.4 Å². The molecule has 66 heavy (non-hydrogen) atoms. The number of carbonyl (C=O) groups is 5. The van der Waals surface area contributed by atoms with Crippen molar-refractivity contribution in [3.8, 4) is 0 Å². The average Bonchev–Trinajstić information content (AvgIpc) is 3.28. The predicted octanol–water partition coefficient (Wildman–Crippen LogP) is 6.57. The zero-order chi connectivity index (χ0) is 49.1. The molecule has 0 radical (unpaired) electrons. The standard InChI is InChI=1S/C52H81NO13/c1-31-17-13-12-14-18-32(2)42(62-9)29-39-21-19-37(7)52(61,66-39)48(58)49(59)53-24-16-15-23-51(53,8)50(60)65-43(34(4)27-38-20-22-40(54)44(28-38)63-10)30-41(55)33(3)26-36(6)46(57)47(64-11)45(56)35(5)25-31/h12-14,17-18,26,31,33-35,37-40,42-44,46-47,54,57,61H,15-16,19-25,27-30H2,1-11H3/b14-12+,17-13+,32-18+,36-26+/t31?,33-,34-,35?,37-,38?,39+,40-,42+,43?,44-,46?,47+,51+,52-/m1/s1. The molecule has 1 aliphatic carbocycles. The molecule has 4 rings (SSSR count). The van der Waals surface area contributed by atoms with Gasteiger partial charge >= 0.3 is 5.97 Å². The lowest BCUT2D eigenvalue weighted by molar-refractivity contribution is -0.266. The van der Waals surface area contributed by atoms with Crippen molar-refractivity contribution in [2.24, 2.45) is 35.5 Å². The van der Waals surface area contributed by atoms with E-state index in [2.05, 4.69) is 0 Å². The summed E-state index contributed by atoms with van der Waals surface area (Å²) in [5.74, 6) is -8.07. The van der Waals surface area contributed by atoms with Crippen molar-refractivity contribution < 1.29 is 63.0 Å². The van der Waals surface area contributed by atoms with Crippen LogP contribution in [0.15, 0.2) is 47.6 Å². The smallest absolute Gasteiger partial charge is 0.332 e. The highest BCUT2D eigenvalue weighted by Gasteiger charge is 2.55. The quantitative estimate of drug-likeness (QED) is 0.147. The lowest BCUT2D eigenvalue weighted by atomic mass is 9.78. The monoisotopic (exact) mass is 928 g/mol. The van der Waals surface area contributed by atoms with Gasteiger partial charge in [-0.15, -0.1) is 0 Å². The Kier molecular flexibility index (Phi) is 20.7. The van der Waals surface area contributed by atoms with Gasteiger partial charge in [-0.1, -0.05) is 71.1 Å². The molecule has 1 saturated carbocycles. The third kappa shape index (κ3) is 13.7. The number of fused-ring (bicyclic) bond motifs is 3. The van der Waals surface area contributed by atoms with E-state index in [-0.39, 0.29) is 54.8 Å². The van der Waals surface area contributed by atoms with Crippen LogP contribution in [0.4, 0.5) is 0 Å². The highest BCUT2D eigenvalue weighted by atomic mass is 16.6. The van der Waals surface area contributed by atoms with Gasteiger partial charge in [0.25, 0.3) is 11.7 Å². The predicted molar refractivity (Wildman–Crippen MR) is 250 cm³/mol. The lowest BCUT2D eigenvalue weighted by Gasteiger charge is -2.46. The maximum absolute atomic E-state index is 14.7. The van der Waals surface area contributed by atoms with Gasteiger partial charge < -0.3 is 43.9 Å². The van der Waals surface area contributed by atoms with E-state index in [0.717, 1.165) is 12.0 Å². The molecule has 0 aromatic heterocycles. The number of amides is 1. The van der Waals surface area contributed by atoms with Crippen molar-refractivity contribution in [3.63, 3.8) is 0 Å². The van der Waals surface area contributed by atoms with E-state index in [1.807, 2.05) is 58.1 Å². The van der Waals surface area contributed by atoms with Crippen LogP contribution in [-0.4, -0.2) is 131 Å². The summed E-state index contributed by atoms with van der Waals surface area (Å²) in [6.45, 7) is 14.3. The summed E-state index contributed by atoms with van der Waals surface area (Å²) in [5, 5.41) is 34.0. The Labute approximate surface area is 393 Å². The SMILES string of the molecule is CO[C@H]1C[C@@H]2CC[C@@H](C)[C@@](O)(O2)C(=O)C(=O)N2CCCC[C@@]2(C)C(=O)OC([C@H](C)CC2CC[C@@H](O)[C@H](OC)C2)CC(=O)[C@H](C)/C=C(\C)C(O)[C@@H](OC)C(=O)C(C)CC(C)/C=C/C=C/C=C/1C. The molecule has 3 aliphatic heterocycles. The Morgan fingerprint density at radius 2 is 1.58 bits per heavy atom. The number of cyclic esters (lactones) is 1. The molecule has 0 aromatic rings. The molecule has 14 heteroatoms. The molecular weight excluding hydrogens is 847 g/mol. The zero-order valence-electron chi connectivity index (χ0n) is 41.5. The first-order chi connectivity index (χ1) is 31.1. The van der Waals surface area contributed by atoms with Crippen LogP contribution in [0.25, 0.3) is 0 Å². The highest BCUT2D eigenvalue weighted by Crippen LogP contribution is 2.39. The zero-order valence-corrected chi connectivity index (χ0v) is 41.5. The van der Waals surface area contributed by atoms with E-state index < -0.39 is 83.4 Å². The second-order valence-electron chi connectivity index (χ2n) is 20.2. The molecule has 1 amide bonds. The molecule has 5 unspecified atom stereocenters. The molecular formula is C52H81NO13. The number of carbonyl (C=O) groups excluding carboxylic acids is 5. The number of ketones is 3. The Bertz CT molecular complexity index is 1810. The van der Waals surface area contributed by atoms with Crippen LogP contribution in [0.3, 0.4) is 0 Å². The summed E-state index contributed by atoms with van der Waals surface area (Å²) in [7, 11) is 4.52. The Hall–Kier alpha value is -3.37. The number of aliphatic hydroxyl groups is 3. The van der Waals surface area contributed by atoms with Crippen LogP contribution >= 0.6 is 0 Å². The van der Waals surface area contributed by atoms with Crippen molar-refractivity contribution in [2.45, 2.75) is 186 Å². The molecule has 372 valence electrons. The van der Waals surface area contributed by atoms with Gasteiger partial charge in [-0.2, -0.15) is 0 Å². The van der Waals surface area contributed by atoms with Crippen molar-refractivity contribution in [1.82, 2.24) is 4.90 Å². The molecule has 2 saturated heterocycles. The van der Waals surface area contributed by atoms with Gasteiger partial charge in [0.15, 0.2) is 5.78 Å². The molecule has 3 heterocycles. The molecule has 14 nitrogen and oxygen atoms in total. The number of rotatable bonds is 6. The first-order valence-corrected chi connectivity index (χ1v) is 24.3. The third-order valence-electron chi connectivity index (χ3n) is 15.0. The van der Waals surface area contributed by atoms with Gasteiger partial charge in [-0.25, -0.2) is 4.79 Å². The van der Waals surface area contributed by atoms with Gasteiger partial charge in [-0.05, 0) is 114 Å². The normalized spacial score (nSPS) is 41.1. The molecule has 4 aliphatic rings. The largest absolute Gasteiger partial charge is 0.460 e. The number of ether oxygens (including phenoxy) is 5. The molecule has 2 bridgehead atoms. The number of piperidine rings is 1. The first kappa shape index (κ1) is 55.2. The van der Waals surface area contributed by atoms with Crippen molar-refractivity contribution >= 4 is 29.2 Å². The van der Waals surface area contributed by atoms with E-state index in [1.165, 1.54) is 12.0 Å². The average molecular weight is 928 g/mol. The molecule has 0 aromatic carbocycles.